The number of hydrogen-bond acceptors (Lipinski definition) is 5. The zero-order valence-corrected chi connectivity index (χ0v) is 21.1. The lowest BCUT2D eigenvalue weighted by molar-refractivity contribution is -0.118. The van der Waals surface area contributed by atoms with E-state index < -0.39 is 0 Å². The van der Waals surface area contributed by atoms with Gasteiger partial charge < -0.3 is 10.1 Å². The first-order chi connectivity index (χ1) is 15.8. The number of nitrogens with zero attached hydrogens (tertiary/aromatic N) is 3. The summed E-state index contributed by atoms with van der Waals surface area (Å²) in [5, 5.41) is 13.5. The fourth-order valence-electron chi connectivity index (χ4n) is 3.22. The fraction of sp³-hybridized carbons (Fsp3) is 0.292. The maximum Gasteiger partial charge on any atom is 0.230 e. The monoisotopic (exact) mass is 504 g/mol. The molecule has 0 aliphatic rings. The number of nitrogens with one attached hydrogen (secondary N) is 1. The van der Waals surface area contributed by atoms with E-state index in [9.17, 15) is 4.79 Å². The normalized spacial score (nSPS) is 11.8. The van der Waals surface area contributed by atoms with Gasteiger partial charge in [0.1, 0.15) is 5.75 Å². The van der Waals surface area contributed by atoms with Crippen LogP contribution in [0.5, 0.6) is 5.75 Å². The third kappa shape index (κ3) is 6.76. The third-order valence-corrected chi connectivity index (χ3v) is 6.69. The summed E-state index contributed by atoms with van der Waals surface area (Å²) in [6, 6.07) is 11.2. The van der Waals surface area contributed by atoms with Crippen molar-refractivity contribution in [1.29, 1.82) is 0 Å². The Labute approximate surface area is 208 Å². The molecule has 1 heterocycles. The van der Waals surface area contributed by atoms with Gasteiger partial charge in [0.15, 0.2) is 17.1 Å². The van der Waals surface area contributed by atoms with Crippen molar-refractivity contribution in [1.82, 2.24) is 20.1 Å². The molecular weight excluding hydrogens is 479 g/mol. The molecule has 9 heteroatoms. The van der Waals surface area contributed by atoms with E-state index in [1.54, 1.807) is 18.2 Å². The molecule has 1 N–H and O–H groups in total. The smallest absolute Gasteiger partial charge is 0.230 e. The van der Waals surface area contributed by atoms with E-state index in [0.717, 1.165) is 21.7 Å². The molecule has 1 unspecified atom stereocenters. The topological polar surface area (TPSA) is 69.0 Å². The highest BCUT2D eigenvalue weighted by atomic mass is 35.5. The second kappa shape index (κ2) is 11.6. The summed E-state index contributed by atoms with van der Waals surface area (Å²) in [4.78, 5) is 12.3. The van der Waals surface area contributed by atoms with Gasteiger partial charge in [0.2, 0.25) is 5.91 Å². The van der Waals surface area contributed by atoms with Crippen molar-refractivity contribution in [2.24, 2.45) is 0 Å². The molecule has 0 spiro atoms. The van der Waals surface area contributed by atoms with E-state index in [1.165, 1.54) is 11.8 Å². The van der Waals surface area contributed by atoms with E-state index in [-0.39, 0.29) is 17.8 Å². The van der Waals surface area contributed by atoms with Crippen molar-refractivity contribution >= 4 is 40.9 Å². The Morgan fingerprint density at radius 3 is 2.52 bits per heavy atom. The molecule has 6 nitrogen and oxygen atoms in total. The van der Waals surface area contributed by atoms with Gasteiger partial charge in [-0.3, -0.25) is 9.36 Å². The van der Waals surface area contributed by atoms with Crippen LogP contribution in [0.4, 0.5) is 0 Å². The van der Waals surface area contributed by atoms with Crippen LogP contribution in [0.15, 0.2) is 54.2 Å². The first-order valence-electron chi connectivity index (χ1n) is 10.4. The molecule has 1 atom stereocenters. The van der Waals surface area contributed by atoms with Crippen molar-refractivity contribution in [3.8, 4) is 5.75 Å². The predicted octanol–water partition coefficient (Wildman–Crippen LogP) is 5.94. The maximum absolute atomic E-state index is 12.3. The highest BCUT2D eigenvalue weighted by Gasteiger charge is 2.20. The lowest BCUT2D eigenvalue weighted by Crippen LogP contribution is -2.24. The Morgan fingerprint density at radius 2 is 1.88 bits per heavy atom. The van der Waals surface area contributed by atoms with E-state index in [0.29, 0.717) is 34.8 Å². The van der Waals surface area contributed by atoms with Crippen molar-refractivity contribution in [2.75, 3.05) is 5.75 Å². The molecule has 0 radical (unpaired) electrons. The average molecular weight is 505 g/mol. The van der Waals surface area contributed by atoms with Crippen LogP contribution >= 0.6 is 35.0 Å². The average Bonchev–Trinajstić information content (AvgIpc) is 3.18. The van der Waals surface area contributed by atoms with Crippen LogP contribution in [-0.4, -0.2) is 26.4 Å². The molecule has 0 aliphatic heterocycles. The summed E-state index contributed by atoms with van der Waals surface area (Å²) >= 11 is 13.5. The molecule has 1 amide bonds. The van der Waals surface area contributed by atoms with Gasteiger partial charge in [-0.1, -0.05) is 53.2 Å². The lowest BCUT2D eigenvalue weighted by Gasteiger charge is -2.17. The second-order valence-corrected chi connectivity index (χ2v) is 9.32. The molecule has 0 aliphatic carbocycles. The summed E-state index contributed by atoms with van der Waals surface area (Å²) in [7, 11) is 0. The fourth-order valence-corrected chi connectivity index (χ4v) is 4.24. The Balaban J connectivity index is 1.64. The van der Waals surface area contributed by atoms with Crippen LogP contribution in [0.3, 0.4) is 0 Å². The summed E-state index contributed by atoms with van der Waals surface area (Å²) < 4.78 is 8.03. The lowest BCUT2D eigenvalue weighted by atomic mass is 10.1. The number of amides is 1. The molecule has 1 aromatic heterocycles. The van der Waals surface area contributed by atoms with Crippen molar-refractivity contribution < 1.29 is 9.53 Å². The van der Waals surface area contributed by atoms with Crippen molar-refractivity contribution in [3.63, 3.8) is 0 Å². The summed E-state index contributed by atoms with van der Waals surface area (Å²) in [6.07, 6.45) is 1.41. The second-order valence-electron chi connectivity index (χ2n) is 7.56. The summed E-state index contributed by atoms with van der Waals surface area (Å²) in [6.45, 7) is 10.6. The molecule has 3 rings (SSSR count). The molecule has 0 saturated carbocycles. The number of ether oxygens (including phenoxy) is 1. The van der Waals surface area contributed by atoms with Gasteiger partial charge in [-0.05, 0) is 61.7 Å². The number of rotatable bonds is 10. The first kappa shape index (κ1) is 25.1. The molecule has 0 fully saturated rings. The molecule has 33 heavy (non-hydrogen) atoms. The molecule has 0 bridgehead atoms. The van der Waals surface area contributed by atoms with Gasteiger partial charge in [0.25, 0.3) is 0 Å². The van der Waals surface area contributed by atoms with Crippen LogP contribution in [0.2, 0.25) is 10.0 Å². The van der Waals surface area contributed by atoms with Crippen LogP contribution < -0.4 is 10.1 Å². The number of carbonyl (C=O) groups excluding carboxylic acids is 1. The Bertz CT molecular complexity index is 1110. The van der Waals surface area contributed by atoms with Crippen molar-refractivity contribution in [3.05, 3.63) is 81.6 Å². The molecule has 174 valence electrons. The van der Waals surface area contributed by atoms with Gasteiger partial charge >= 0.3 is 0 Å². The SMILES string of the molecule is C=CCn1c(SCC(=O)NCc2ccc(Cl)cc2)nnc1C(C)Oc1cc(C)c(Cl)c(C)c1. The van der Waals surface area contributed by atoms with Crippen LogP contribution in [-0.2, 0) is 17.9 Å². The number of aryl methyl sites for hydroxylation is 2. The van der Waals surface area contributed by atoms with Gasteiger partial charge in [-0.15, -0.1) is 16.8 Å². The Kier molecular flexibility index (Phi) is 8.83. The number of allylic oxidation sites excluding steroid dienone is 1. The summed E-state index contributed by atoms with van der Waals surface area (Å²) in [5.74, 6) is 1.49. The number of hydrogen-bond donors (Lipinski definition) is 1. The van der Waals surface area contributed by atoms with Gasteiger partial charge in [0.05, 0.1) is 5.75 Å². The Morgan fingerprint density at radius 1 is 1.21 bits per heavy atom. The highest BCUT2D eigenvalue weighted by molar-refractivity contribution is 7.99. The first-order valence-corrected chi connectivity index (χ1v) is 12.1. The van der Waals surface area contributed by atoms with E-state index in [2.05, 4.69) is 22.1 Å². The van der Waals surface area contributed by atoms with Gasteiger partial charge in [-0.25, -0.2) is 0 Å². The largest absolute Gasteiger partial charge is 0.483 e. The third-order valence-electron chi connectivity index (χ3n) is 4.88. The van der Waals surface area contributed by atoms with Crippen LogP contribution in [0.1, 0.15) is 35.5 Å². The van der Waals surface area contributed by atoms with Crippen LogP contribution in [0.25, 0.3) is 0 Å². The predicted molar refractivity (Wildman–Crippen MR) is 134 cm³/mol. The minimum Gasteiger partial charge on any atom is -0.483 e. The zero-order chi connectivity index (χ0) is 24.0. The minimum atomic E-state index is -0.356. The standard InChI is InChI=1S/C24H26Cl2N4O2S/c1-5-10-30-23(17(4)32-20-11-15(2)22(26)16(3)12-20)28-29-24(30)33-14-21(31)27-13-18-6-8-19(25)9-7-18/h5-9,11-12,17H,1,10,13-14H2,2-4H3,(H,27,31). The maximum atomic E-state index is 12.3. The molecular formula is C24H26Cl2N4O2S. The molecule has 3 aromatic rings. The van der Waals surface area contributed by atoms with Gasteiger partial charge in [0, 0.05) is 23.1 Å². The van der Waals surface area contributed by atoms with Crippen molar-refractivity contribution in [2.45, 2.75) is 45.1 Å². The molecule has 2 aromatic carbocycles. The number of halogens is 2. The quantitative estimate of drug-likeness (QED) is 0.273. The Hall–Kier alpha value is -2.48. The number of benzene rings is 2. The van der Waals surface area contributed by atoms with Gasteiger partial charge in [-0.2, -0.15) is 0 Å². The van der Waals surface area contributed by atoms with E-state index in [1.807, 2.05) is 49.6 Å². The van der Waals surface area contributed by atoms with Crippen LogP contribution in [0, 0.1) is 13.8 Å². The molecule has 0 saturated heterocycles. The number of carbonyl (C=O) groups is 1. The van der Waals surface area contributed by atoms with E-state index in [4.69, 9.17) is 27.9 Å². The minimum absolute atomic E-state index is 0.0962. The number of aromatic nitrogens is 3. The summed E-state index contributed by atoms with van der Waals surface area (Å²) in [5.41, 5.74) is 2.88. The van der Waals surface area contributed by atoms with E-state index >= 15 is 0 Å². The zero-order valence-electron chi connectivity index (χ0n) is 18.8. The number of thioether (sulfide) groups is 1. The highest BCUT2D eigenvalue weighted by Crippen LogP contribution is 2.29.